The van der Waals surface area contributed by atoms with Crippen molar-refractivity contribution in [3.05, 3.63) is 151 Å². The van der Waals surface area contributed by atoms with Gasteiger partial charge in [0.05, 0.1) is 34.4 Å². The van der Waals surface area contributed by atoms with Crippen molar-refractivity contribution in [1.82, 2.24) is 4.90 Å². The molecule has 1 amide bonds. The molecule has 1 heterocycles. The fourth-order valence-corrected chi connectivity index (χ4v) is 9.89. The van der Waals surface area contributed by atoms with Crippen LogP contribution in [-0.4, -0.2) is 89.2 Å². The Morgan fingerprint density at radius 3 is 1.52 bits per heavy atom. The maximum Gasteiger partial charge on any atom is 0.324 e. The number of anilines is 2. The second kappa shape index (κ2) is 17.6. The van der Waals surface area contributed by atoms with Crippen LogP contribution in [0.1, 0.15) is 5.56 Å². The summed E-state index contributed by atoms with van der Waals surface area (Å²) in [6, 6.07) is 37.8. The van der Waals surface area contributed by atoms with Crippen molar-refractivity contribution in [2.75, 3.05) is 48.0 Å². The van der Waals surface area contributed by atoms with Gasteiger partial charge in [-0.05, 0) is 58.7 Å². The predicted octanol–water partition coefficient (Wildman–Crippen LogP) is 6.61. The molecule has 2 N–H and O–H groups in total. The summed E-state index contributed by atoms with van der Waals surface area (Å²) in [4.78, 5) is 39.6. The van der Waals surface area contributed by atoms with E-state index in [2.05, 4.69) is 0 Å². The van der Waals surface area contributed by atoms with Gasteiger partial charge >= 0.3 is 11.9 Å². The quantitative estimate of drug-likeness (QED) is 0.113. The summed E-state index contributed by atoms with van der Waals surface area (Å²) >= 11 is 0. The highest BCUT2D eigenvalue weighted by Gasteiger charge is 2.34. The van der Waals surface area contributed by atoms with E-state index in [-0.39, 0.29) is 50.6 Å². The van der Waals surface area contributed by atoms with Crippen molar-refractivity contribution >= 4 is 66.1 Å². The van der Waals surface area contributed by atoms with E-state index < -0.39 is 51.0 Å². The van der Waals surface area contributed by atoms with E-state index in [9.17, 15) is 41.4 Å². The lowest BCUT2D eigenvalue weighted by atomic mass is 10.0. The number of hydrogen-bond donors (Lipinski definition) is 2. The van der Waals surface area contributed by atoms with Gasteiger partial charge in [0.25, 0.3) is 20.0 Å². The number of nitrogens with zero attached hydrogens (tertiary/aromatic N) is 3. The van der Waals surface area contributed by atoms with Crippen molar-refractivity contribution in [1.29, 1.82) is 0 Å². The summed E-state index contributed by atoms with van der Waals surface area (Å²) < 4.78 is 65.3. The first-order valence-electron chi connectivity index (χ1n) is 18.7. The standard InChI is InChI=1S/C45H39N3O10S2/c49-42(46-25-27-58-28-26-46)24-19-36-29-41(47(30-43(50)51)59(54,55)37-20-15-34(16-21-37)32-9-3-1-4-10-32)39-13-7-8-14-40(39)45(36)48(31-44(52)53)60(56,57)38-22-17-35(18-23-38)33-11-5-2-6-12-33/h1-24,29H,25-28,30-31H2,(H,50,51)(H,52,53)/b24-19+. The number of amides is 1. The molecule has 1 aliphatic heterocycles. The van der Waals surface area contributed by atoms with E-state index in [4.69, 9.17) is 4.74 Å². The first-order valence-corrected chi connectivity index (χ1v) is 21.6. The number of carbonyl (C=O) groups is 3. The number of benzene rings is 6. The summed E-state index contributed by atoms with van der Waals surface area (Å²) in [5.74, 6) is -3.45. The van der Waals surface area contributed by atoms with Crippen LogP contribution < -0.4 is 8.61 Å². The van der Waals surface area contributed by atoms with Gasteiger partial charge in [-0.1, -0.05) is 109 Å². The number of rotatable bonds is 14. The Morgan fingerprint density at radius 1 is 0.583 bits per heavy atom. The Bertz CT molecular complexity index is 2790. The molecule has 6 aromatic carbocycles. The van der Waals surface area contributed by atoms with Crippen LogP contribution in [0.15, 0.2) is 155 Å². The van der Waals surface area contributed by atoms with E-state index in [1.54, 1.807) is 36.4 Å². The summed E-state index contributed by atoms with van der Waals surface area (Å²) in [5, 5.41) is 20.5. The number of carboxylic acids is 2. The molecule has 0 aliphatic carbocycles. The number of fused-ring (bicyclic) bond motifs is 1. The van der Waals surface area contributed by atoms with E-state index in [0.29, 0.717) is 27.4 Å². The Kier molecular flexibility index (Phi) is 12.1. The molecule has 1 saturated heterocycles. The zero-order valence-electron chi connectivity index (χ0n) is 32.0. The van der Waals surface area contributed by atoms with Gasteiger partial charge in [0, 0.05) is 35.5 Å². The first-order chi connectivity index (χ1) is 28.8. The second-order valence-corrected chi connectivity index (χ2v) is 17.5. The summed E-state index contributed by atoms with van der Waals surface area (Å²) in [6.07, 6.45) is 2.47. The van der Waals surface area contributed by atoms with E-state index in [1.807, 2.05) is 60.7 Å². The molecule has 1 aliphatic rings. The molecule has 0 bridgehead atoms. The predicted molar refractivity (Wildman–Crippen MR) is 228 cm³/mol. The van der Waals surface area contributed by atoms with Crippen LogP contribution in [0.2, 0.25) is 0 Å². The Balaban J connectivity index is 1.42. The van der Waals surface area contributed by atoms with Crippen LogP contribution in [0.3, 0.4) is 0 Å². The van der Waals surface area contributed by atoms with Gasteiger partial charge in [-0.3, -0.25) is 23.0 Å². The number of carboxylic acid groups (broad SMARTS) is 2. The van der Waals surface area contributed by atoms with Crippen molar-refractivity contribution in [3.8, 4) is 22.3 Å². The minimum Gasteiger partial charge on any atom is -0.480 e. The molecule has 15 heteroatoms. The third kappa shape index (κ3) is 8.78. The molecule has 6 aromatic rings. The fourth-order valence-electron chi connectivity index (χ4n) is 7.01. The molecule has 13 nitrogen and oxygen atoms in total. The van der Waals surface area contributed by atoms with Crippen LogP contribution in [0, 0.1) is 0 Å². The number of morpholine rings is 1. The zero-order chi connectivity index (χ0) is 42.4. The number of sulfonamides is 2. The normalized spacial score (nSPS) is 13.3. The maximum absolute atomic E-state index is 14.7. The van der Waals surface area contributed by atoms with E-state index in [1.165, 1.54) is 59.5 Å². The van der Waals surface area contributed by atoms with Crippen LogP contribution in [0.25, 0.3) is 39.1 Å². The highest BCUT2D eigenvalue weighted by molar-refractivity contribution is 7.93. The number of carbonyl (C=O) groups excluding carboxylic acids is 1. The topological polar surface area (TPSA) is 179 Å². The summed E-state index contributed by atoms with van der Waals surface area (Å²) in [7, 11) is -9.33. The molecular weight excluding hydrogens is 807 g/mol. The minimum atomic E-state index is -4.69. The Hall–Kier alpha value is -6.81. The average Bonchev–Trinajstić information content (AvgIpc) is 3.27. The van der Waals surface area contributed by atoms with Gasteiger partial charge < -0.3 is 19.8 Å². The molecule has 0 atom stereocenters. The number of hydrogen-bond acceptors (Lipinski definition) is 8. The van der Waals surface area contributed by atoms with Crippen LogP contribution >= 0.6 is 0 Å². The molecule has 0 spiro atoms. The van der Waals surface area contributed by atoms with Gasteiger partial charge in [0.1, 0.15) is 13.1 Å². The van der Waals surface area contributed by atoms with Gasteiger partial charge in [0.2, 0.25) is 5.91 Å². The molecule has 0 saturated carbocycles. The van der Waals surface area contributed by atoms with Crippen molar-refractivity contribution in [2.24, 2.45) is 0 Å². The zero-order valence-corrected chi connectivity index (χ0v) is 33.6. The molecule has 306 valence electrons. The first kappa shape index (κ1) is 41.4. The van der Waals surface area contributed by atoms with Crippen molar-refractivity contribution in [2.45, 2.75) is 9.79 Å². The lowest BCUT2D eigenvalue weighted by Gasteiger charge is -2.30. The molecule has 0 aromatic heterocycles. The summed E-state index contributed by atoms with van der Waals surface area (Å²) in [6.45, 7) is -0.932. The fraction of sp³-hybridized carbons (Fsp3) is 0.133. The van der Waals surface area contributed by atoms with Crippen molar-refractivity contribution in [3.63, 3.8) is 0 Å². The molecule has 1 fully saturated rings. The Morgan fingerprint density at radius 2 is 1.02 bits per heavy atom. The Labute approximate surface area is 347 Å². The molecule has 7 rings (SSSR count). The number of aliphatic carboxylic acids is 2. The van der Waals surface area contributed by atoms with E-state index >= 15 is 0 Å². The second-order valence-electron chi connectivity index (χ2n) is 13.7. The highest BCUT2D eigenvalue weighted by Crippen LogP contribution is 2.42. The maximum atomic E-state index is 14.7. The van der Waals surface area contributed by atoms with E-state index in [0.717, 1.165) is 16.7 Å². The molecule has 0 radical (unpaired) electrons. The average molecular weight is 846 g/mol. The molecule has 0 unspecified atom stereocenters. The summed E-state index contributed by atoms with van der Waals surface area (Å²) in [5.41, 5.74) is 2.71. The van der Waals surface area contributed by atoms with Crippen LogP contribution in [0.5, 0.6) is 0 Å². The lowest BCUT2D eigenvalue weighted by Crippen LogP contribution is -2.39. The molecular formula is C45H39N3O10S2. The highest BCUT2D eigenvalue weighted by atomic mass is 32.2. The van der Waals surface area contributed by atoms with Gasteiger partial charge in [-0.25, -0.2) is 16.8 Å². The monoisotopic (exact) mass is 845 g/mol. The lowest BCUT2D eigenvalue weighted by molar-refractivity contribution is -0.136. The largest absolute Gasteiger partial charge is 0.480 e. The van der Waals surface area contributed by atoms with Crippen LogP contribution in [0.4, 0.5) is 11.4 Å². The minimum absolute atomic E-state index is 0.0685. The number of ether oxygens (including phenoxy) is 1. The van der Waals surface area contributed by atoms with Gasteiger partial charge in [0.15, 0.2) is 0 Å². The third-order valence-corrected chi connectivity index (χ3v) is 13.5. The SMILES string of the molecule is O=C(O)CN(c1cc(/C=C/C(=O)N2CCOCC2)c(N(CC(=O)O)S(=O)(=O)c2ccc(-c3ccccc3)cc2)c2ccccc12)S(=O)(=O)c1ccc(-c2ccccc2)cc1. The smallest absolute Gasteiger partial charge is 0.324 e. The van der Waals surface area contributed by atoms with Crippen molar-refractivity contribution < 1.29 is 46.2 Å². The van der Waals surface area contributed by atoms with Gasteiger partial charge in [-0.2, -0.15) is 0 Å². The molecule has 60 heavy (non-hydrogen) atoms. The van der Waals surface area contributed by atoms with Crippen LogP contribution in [-0.2, 0) is 39.2 Å². The third-order valence-electron chi connectivity index (χ3n) is 9.93. The van der Waals surface area contributed by atoms with Gasteiger partial charge in [-0.15, -0.1) is 0 Å².